The van der Waals surface area contributed by atoms with Crippen molar-refractivity contribution in [2.75, 3.05) is 46.9 Å². The van der Waals surface area contributed by atoms with Crippen molar-refractivity contribution in [3.8, 4) is 16.3 Å². The summed E-state index contributed by atoms with van der Waals surface area (Å²) >= 11 is 1.63. The Bertz CT molecular complexity index is 842. The van der Waals surface area contributed by atoms with E-state index < -0.39 is 10.2 Å². The molecule has 0 unspecified atom stereocenters. The lowest BCUT2D eigenvalue weighted by molar-refractivity contribution is 0.176. The molecule has 0 spiro atoms. The number of benzene rings is 1. The van der Waals surface area contributed by atoms with Crippen LogP contribution in [0.15, 0.2) is 29.6 Å². The molecule has 27 heavy (non-hydrogen) atoms. The molecule has 1 fully saturated rings. The van der Waals surface area contributed by atoms with Crippen molar-refractivity contribution in [2.24, 2.45) is 0 Å². The highest BCUT2D eigenvalue weighted by Gasteiger charge is 2.28. The maximum Gasteiger partial charge on any atom is 0.281 e. The van der Waals surface area contributed by atoms with E-state index in [-0.39, 0.29) is 0 Å². The summed E-state index contributed by atoms with van der Waals surface area (Å²) in [5.41, 5.74) is 2.10. The third kappa shape index (κ3) is 4.85. The Morgan fingerprint density at radius 2 is 1.81 bits per heavy atom. The average Bonchev–Trinajstić information content (AvgIpc) is 3.11. The van der Waals surface area contributed by atoms with Crippen molar-refractivity contribution >= 4 is 21.5 Å². The molecule has 148 valence electrons. The summed E-state index contributed by atoms with van der Waals surface area (Å²) in [5.74, 6) is 0.864. The lowest BCUT2D eigenvalue weighted by Gasteiger charge is -2.34. The molecule has 0 saturated carbocycles. The molecular weight excluding hydrogens is 384 g/mol. The van der Waals surface area contributed by atoms with Crippen LogP contribution in [0.25, 0.3) is 10.6 Å². The number of hydrogen-bond donors (Lipinski definition) is 0. The summed E-state index contributed by atoms with van der Waals surface area (Å²) in [6, 6.07) is 7.98. The lowest BCUT2D eigenvalue weighted by atomic mass is 10.2. The Balaban J connectivity index is 1.57. The predicted molar refractivity (Wildman–Crippen MR) is 108 cm³/mol. The molecule has 0 N–H and O–H groups in total. The van der Waals surface area contributed by atoms with Gasteiger partial charge in [0.1, 0.15) is 10.8 Å². The van der Waals surface area contributed by atoms with E-state index in [0.29, 0.717) is 32.8 Å². The molecule has 1 aliphatic rings. The smallest absolute Gasteiger partial charge is 0.281 e. The fourth-order valence-corrected chi connectivity index (χ4v) is 4.85. The van der Waals surface area contributed by atoms with Crippen LogP contribution in [0.3, 0.4) is 0 Å². The van der Waals surface area contributed by atoms with Crippen molar-refractivity contribution in [2.45, 2.75) is 13.5 Å². The maximum atomic E-state index is 12.2. The number of ether oxygens (including phenoxy) is 1. The first-order chi connectivity index (χ1) is 12.9. The van der Waals surface area contributed by atoms with Gasteiger partial charge in [0.05, 0.1) is 12.3 Å². The van der Waals surface area contributed by atoms with Crippen LogP contribution >= 0.6 is 11.3 Å². The molecule has 0 aliphatic carbocycles. The fraction of sp³-hybridized carbons (Fsp3) is 0.500. The Kier molecular flexibility index (Phi) is 6.48. The van der Waals surface area contributed by atoms with E-state index in [1.165, 1.54) is 8.61 Å². The molecule has 1 aromatic heterocycles. The van der Waals surface area contributed by atoms with Gasteiger partial charge in [-0.3, -0.25) is 4.90 Å². The number of piperazine rings is 1. The molecule has 3 rings (SSSR count). The van der Waals surface area contributed by atoms with Gasteiger partial charge in [0, 0.05) is 57.8 Å². The Labute approximate surface area is 165 Å². The van der Waals surface area contributed by atoms with Crippen molar-refractivity contribution in [1.29, 1.82) is 0 Å². The number of aromatic nitrogens is 1. The molecule has 1 aliphatic heterocycles. The standard InChI is InChI=1S/C18H26N4O3S2/c1-4-25-17-7-5-15(6-8-17)18-19-16(14-26-18)13-21-9-11-22(12-10-21)27(23,24)20(2)3/h5-8,14H,4,9-13H2,1-3H3. The average molecular weight is 411 g/mol. The minimum atomic E-state index is -3.32. The summed E-state index contributed by atoms with van der Waals surface area (Å²) in [6.07, 6.45) is 0. The Hall–Kier alpha value is -1.52. The quantitative estimate of drug-likeness (QED) is 0.700. The van der Waals surface area contributed by atoms with Crippen molar-refractivity contribution in [3.05, 3.63) is 35.3 Å². The normalized spacial score (nSPS) is 16.7. The van der Waals surface area contributed by atoms with Crippen LogP contribution in [-0.2, 0) is 16.8 Å². The minimum Gasteiger partial charge on any atom is -0.494 e. The van der Waals surface area contributed by atoms with Crippen LogP contribution < -0.4 is 4.74 Å². The summed E-state index contributed by atoms with van der Waals surface area (Å²) in [5, 5.41) is 3.07. The van der Waals surface area contributed by atoms with Crippen LogP contribution in [0.4, 0.5) is 0 Å². The number of nitrogens with zero attached hydrogens (tertiary/aromatic N) is 4. The second-order valence-electron chi connectivity index (χ2n) is 6.57. The number of hydrogen-bond acceptors (Lipinski definition) is 6. The van der Waals surface area contributed by atoms with Gasteiger partial charge in [-0.2, -0.15) is 17.0 Å². The van der Waals surface area contributed by atoms with Crippen LogP contribution in [0.1, 0.15) is 12.6 Å². The summed E-state index contributed by atoms with van der Waals surface area (Å²) < 4.78 is 32.7. The molecule has 9 heteroatoms. The molecule has 0 amide bonds. The molecule has 2 heterocycles. The lowest BCUT2D eigenvalue weighted by Crippen LogP contribution is -2.51. The van der Waals surface area contributed by atoms with Crippen molar-refractivity contribution in [3.63, 3.8) is 0 Å². The molecule has 0 radical (unpaired) electrons. The molecule has 1 saturated heterocycles. The van der Waals surface area contributed by atoms with Gasteiger partial charge >= 0.3 is 0 Å². The largest absolute Gasteiger partial charge is 0.494 e. The zero-order valence-corrected chi connectivity index (χ0v) is 17.6. The second-order valence-corrected chi connectivity index (χ2v) is 9.57. The van der Waals surface area contributed by atoms with Gasteiger partial charge in [-0.1, -0.05) is 0 Å². The Morgan fingerprint density at radius 3 is 2.41 bits per heavy atom. The predicted octanol–water partition coefficient (Wildman–Crippen LogP) is 2.13. The van der Waals surface area contributed by atoms with Gasteiger partial charge in [-0.15, -0.1) is 11.3 Å². The van der Waals surface area contributed by atoms with Crippen LogP contribution in [-0.4, -0.2) is 73.8 Å². The first-order valence-electron chi connectivity index (χ1n) is 8.97. The van der Waals surface area contributed by atoms with Crippen LogP contribution in [0, 0.1) is 0 Å². The summed E-state index contributed by atoms with van der Waals surface area (Å²) in [7, 11) is -0.182. The van der Waals surface area contributed by atoms with E-state index in [4.69, 9.17) is 9.72 Å². The van der Waals surface area contributed by atoms with Crippen molar-refractivity contribution in [1.82, 2.24) is 18.5 Å². The van der Waals surface area contributed by atoms with Gasteiger partial charge in [-0.25, -0.2) is 4.98 Å². The van der Waals surface area contributed by atoms with Gasteiger partial charge in [0.2, 0.25) is 0 Å². The van der Waals surface area contributed by atoms with Gasteiger partial charge < -0.3 is 4.74 Å². The second kappa shape index (κ2) is 8.66. The molecule has 0 bridgehead atoms. The van der Waals surface area contributed by atoms with E-state index >= 15 is 0 Å². The highest BCUT2D eigenvalue weighted by atomic mass is 32.2. The highest BCUT2D eigenvalue weighted by Crippen LogP contribution is 2.26. The topological polar surface area (TPSA) is 66.0 Å². The molecule has 2 aromatic rings. The number of rotatable bonds is 7. The van der Waals surface area contributed by atoms with E-state index in [0.717, 1.165) is 28.6 Å². The van der Waals surface area contributed by atoms with Crippen LogP contribution in [0.2, 0.25) is 0 Å². The van der Waals surface area contributed by atoms with Crippen LogP contribution in [0.5, 0.6) is 5.75 Å². The van der Waals surface area contributed by atoms with Crippen molar-refractivity contribution < 1.29 is 13.2 Å². The minimum absolute atomic E-state index is 0.510. The van der Waals surface area contributed by atoms with Gasteiger partial charge in [0.15, 0.2) is 0 Å². The number of thiazole rings is 1. The van der Waals surface area contributed by atoms with Gasteiger partial charge in [0.25, 0.3) is 10.2 Å². The van der Waals surface area contributed by atoms with E-state index in [1.54, 1.807) is 25.4 Å². The molecular formula is C18H26N4O3S2. The third-order valence-electron chi connectivity index (χ3n) is 4.47. The Morgan fingerprint density at radius 1 is 1.15 bits per heavy atom. The zero-order chi connectivity index (χ0) is 19.4. The van der Waals surface area contributed by atoms with E-state index in [2.05, 4.69) is 10.3 Å². The molecule has 0 atom stereocenters. The summed E-state index contributed by atoms with van der Waals surface area (Å²) in [4.78, 5) is 6.99. The molecule has 1 aromatic carbocycles. The first-order valence-corrected chi connectivity index (χ1v) is 11.3. The first kappa shape index (κ1) is 20.2. The molecule has 7 nitrogen and oxygen atoms in total. The summed E-state index contributed by atoms with van der Waals surface area (Å²) in [6.45, 7) is 5.81. The maximum absolute atomic E-state index is 12.2. The van der Waals surface area contributed by atoms with E-state index in [9.17, 15) is 8.42 Å². The van der Waals surface area contributed by atoms with E-state index in [1.807, 2.05) is 31.2 Å². The van der Waals surface area contributed by atoms with Gasteiger partial charge in [-0.05, 0) is 31.2 Å². The highest BCUT2D eigenvalue weighted by molar-refractivity contribution is 7.86. The monoisotopic (exact) mass is 410 g/mol. The zero-order valence-electron chi connectivity index (χ0n) is 16.0. The third-order valence-corrected chi connectivity index (χ3v) is 7.35. The SMILES string of the molecule is CCOc1ccc(-c2nc(CN3CCN(S(=O)(=O)N(C)C)CC3)cs2)cc1. The fourth-order valence-electron chi connectivity index (χ4n) is 2.95.